The summed E-state index contributed by atoms with van der Waals surface area (Å²) in [6, 6.07) is 0. The van der Waals surface area contributed by atoms with E-state index < -0.39 is 0 Å². The van der Waals surface area contributed by atoms with Gasteiger partial charge < -0.3 is 4.48 Å². The minimum absolute atomic E-state index is 0.0546. The number of nitrogens with zero attached hydrogens (tertiary/aromatic N) is 1. The minimum atomic E-state index is -0.0546. The number of hydrogen-bond acceptors (Lipinski definition) is 1. The number of nitrogens with two attached hydrogens (primary N) is 1. The van der Waals surface area contributed by atoms with E-state index in [1.807, 2.05) is 12.2 Å². The molecule has 0 saturated heterocycles. The normalized spacial score (nSPS) is 13.5. The van der Waals surface area contributed by atoms with Crippen LogP contribution in [0.4, 0.5) is 0 Å². The summed E-state index contributed by atoms with van der Waals surface area (Å²) in [5.74, 6) is 0. The van der Waals surface area contributed by atoms with Gasteiger partial charge in [-0.2, -0.15) is 0 Å². The molecule has 1 atom stereocenters. The van der Waals surface area contributed by atoms with Crippen molar-refractivity contribution in [3.05, 3.63) is 38.0 Å². The lowest BCUT2D eigenvalue weighted by Gasteiger charge is -2.36. The maximum Gasteiger partial charge on any atom is 0.159 e. The standard InChI is InChI=1S/C10H19N2/c1-5-8-12(4,9-6-2)10(11)7-3/h5-7,10H,1-3,8-9,11H2,4H3/q+1. The van der Waals surface area contributed by atoms with Gasteiger partial charge in [0.1, 0.15) is 0 Å². The lowest BCUT2D eigenvalue weighted by molar-refractivity contribution is -0.916. The van der Waals surface area contributed by atoms with Crippen molar-refractivity contribution >= 4 is 0 Å². The molecule has 0 aliphatic carbocycles. The van der Waals surface area contributed by atoms with Gasteiger partial charge in [-0.25, -0.2) is 0 Å². The average molecular weight is 167 g/mol. The summed E-state index contributed by atoms with van der Waals surface area (Å²) in [6.07, 6.45) is 5.44. The van der Waals surface area contributed by atoms with Crippen LogP contribution in [-0.4, -0.2) is 30.8 Å². The second-order valence-electron chi connectivity index (χ2n) is 3.15. The Morgan fingerprint density at radius 1 is 1.25 bits per heavy atom. The van der Waals surface area contributed by atoms with Crippen LogP contribution in [0.25, 0.3) is 0 Å². The minimum Gasteiger partial charge on any atom is -0.302 e. The topological polar surface area (TPSA) is 26.0 Å². The molecule has 0 aliphatic heterocycles. The van der Waals surface area contributed by atoms with Crippen molar-refractivity contribution in [2.45, 2.75) is 6.17 Å². The van der Waals surface area contributed by atoms with Gasteiger partial charge in [-0.15, -0.1) is 0 Å². The molecular weight excluding hydrogens is 148 g/mol. The SMILES string of the molecule is C=CC[N+](C)(CC=C)C(N)C=C. The molecule has 0 heterocycles. The van der Waals surface area contributed by atoms with Gasteiger partial charge in [0, 0.05) is 0 Å². The molecule has 1 unspecified atom stereocenters. The summed E-state index contributed by atoms with van der Waals surface area (Å²) in [4.78, 5) is 0. The van der Waals surface area contributed by atoms with Gasteiger partial charge in [0.15, 0.2) is 6.17 Å². The van der Waals surface area contributed by atoms with Crippen molar-refractivity contribution < 1.29 is 4.48 Å². The zero-order valence-electron chi connectivity index (χ0n) is 7.87. The van der Waals surface area contributed by atoms with Crippen LogP contribution in [0.15, 0.2) is 38.0 Å². The first kappa shape index (κ1) is 11.1. The Balaban J connectivity index is 4.45. The van der Waals surface area contributed by atoms with Crippen molar-refractivity contribution in [2.24, 2.45) is 5.73 Å². The summed E-state index contributed by atoms with van der Waals surface area (Å²) in [5.41, 5.74) is 5.88. The molecule has 0 aromatic carbocycles. The fourth-order valence-corrected chi connectivity index (χ4v) is 1.16. The predicted octanol–water partition coefficient (Wildman–Crippen LogP) is 1.28. The first-order valence-electron chi connectivity index (χ1n) is 4.05. The Kier molecular flexibility index (Phi) is 4.55. The monoisotopic (exact) mass is 167 g/mol. The third-order valence-corrected chi connectivity index (χ3v) is 2.05. The lowest BCUT2D eigenvalue weighted by Crippen LogP contribution is -2.55. The molecule has 12 heavy (non-hydrogen) atoms. The summed E-state index contributed by atoms with van der Waals surface area (Å²) >= 11 is 0. The van der Waals surface area contributed by atoms with Crippen molar-refractivity contribution in [1.82, 2.24) is 0 Å². The number of hydrogen-bond donors (Lipinski definition) is 1. The number of rotatable bonds is 6. The molecule has 2 heteroatoms. The van der Waals surface area contributed by atoms with Crippen LogP contribution in [0.2, 0.25) is 0 Å². The van der Waals surface area contributed by atoms with E-state index in [1.165, 1.54) is 0 Å². The maximum atomic E-state index is 5.88. The molecule has 0 aromatic rings. The molecule has 0 fully saturated rings. The molecule has 0 radical (unpaired) electrons. The molecule has 0 amide bonds. The van der Waals surface area contributed by atoms with Crippen LogP contribution in [0, 0.1) is 0 Å². The van der Waals surface area contributed by atoms with Crippen molar-refractivity contribution in [3.8, 4) is 0 Å². The van der Waals surface area contributed by atoms with Crippen LogP contribution in [0.3, 0.4) is 0 Å². The van der Waals surface area contributed by atoms with Crippen LogP contribution >= 0.6 is 0 Å². The van der Waals surface area contributed by atoms with Crippen LogP contribution < -0.4 is 5.73 Å². The molecular formula is C10H19N2+. The Bertz CT molecular complexity index is 163. The summed E-state index contributed by atoms with van der Waals surface area (Å²) in [5, 5.41) is 0. The Morgan fingerprint density at radius 2 is 1.67 bits per heavy atom. The smallest absolute Gasteiger partial charge is 0.159 e. The third kappa shape index (κ3) is 2.64. The van der Waals surface area contributed by atoms with Crippen LogP contribution in [0.5, 0.6) is 0 Å². The van der Waals surface area contributed by atoms with Crippen molar-refractivity contribution in [3.63, 3.8) is 0 Å². The Hall–Kier alpha value is -0.860. The zero-order valence-corrected chi connectivity index (χ0v) is 7.87. The average Bonchev–Trinajstić information content (AvgIpc) is 2.04. The number of likely N-dealkylation sites (N-methyl/N-ethyl adjacent to an activating group) is 1. The van der Waals surface area contributed by atoms with Gasteiger partial charge in [0.2, 0.25) is 0 Å². The first-order valence-corrected chi connectivity index (χ1v) is 4.05. The quantitative estimate of drug-likeness (QED) is 0.360. The second-order valence-corrected chi connectivity index (χ2v) is 3.15. The van der Waals surface area contributed by atoms with Gasteiger partial charge in [-0.3, -0.25) is 5.73 Å². The van der Waals surface area contributed by atoms with Gasteiger partial charge in [-0.1, -0.05) is 19.7 Å². The van der Waals surface area contributed by atoms with Crippen molar-refractivity contribution in [2.75, 3.05) is 20.1 Å². The highest BCUT2D eigenvalue weighted by atomic mass is 15.4. The highest BCUT2D eigenvalue weighted by molar-refractivity contribution is 4.80. The summed E-state index contributed by atoms with van der Waals surface area (Å²) < 4.78 is 0.691. The van der Waals surface area contributed by atoms with Crippen LogP contribution in [-0.2, 0) is 0 Å². The Morgan fingerprint density at radius 3 is 1.92 bits per heavy atom. The van der Waals surface area contributed by atoms with E-state index in [2.05, 4.69) is 26.8 Å². The van der Waals surface area contributed by atoms with Gasteiger partial charge in [0.25, 0.3) is 0 Å². The van der Waals surface area contributed by atoms with Gasteiger partial charge in [-0.05, 0) is 18.2 Å². The molecule has 2 nitrogen and oxygen atoms in total. The molecule has 2 N–H and O–H groups in total. The molecule has 0 saturated carbocycles. The maximum absolute atomic E-state index is 5.88. The molecule has 0 spiro atoms. The van der Waals surface area contributed by atoms with Crippen molar-refractivity contribution in [1.29, 1.82) is 0 Å². The summed E-state index contributed by atoms with van der Waals surface area (Å²) in [6.45, 7) is 12.8. The third-order valence-electron chi connectivity index (χ3n) is 2.05. The fourth-order valence-electron chi connectivity index (χ4n) is 1.16. The van der Waals surface area contributed by atoms with E-state index >= 15 is 0 Å². The van der Waals surface area contributed by atoms with Crippen LogP contribution in [0.1, 0.15) is 0 Å². The highest BCUT2D eigenvalue weighted by Crippen LogP contribution is 2.07. The van der Waals surface area contributed by atoms with E-state index in [0.29, 0.717) is 4.48 Å². The fraction of sp³-hybridized carbons (Fsp3) is 0.400. The second kappa shape index (κ2) is 4.91. The van der Waals surface area contributed by atoms with E-state index in [4.69, 9.17) is 5.73 Å². The van der Waals surface area contributed by atoms with Gasteiger partial charge in [0.05, 0.1) is 20.1 Å². The number of quaternary nitrogens is 1. The van der Waals surface area contributed by atoms with E-state index in [1.54, 1.807) is 6.08 Å². The van der Waals surface area contributed by atoms with E-state index in [-0.39, 0.29) is 6.17 Å². The summed E-state index contributed by atoms with van der Waals surface area (Å²) in [7, 11) is 2.07. The largest absolute Gasteiger partial charge is 0.302 e. The van der Waals surface area contributed by atoms with Gasteiger partial charge >= 0.3 is 0 Å². The van der Waals surface area contributed by atoms with E-state index in [0.717, 1.165) is 13.1 Å². The Labute approximate surface area is 75.3 Å². The molecule has 0 aliphatic rings. The zero-order chi connectivity index (χ0) is 9.61. The molecule has 0 rings (SSSR count). The van der Waals surface area contributed by atoms with E-state index in [9.17, 15) is 0 Å². The molecule has 68 valence electrons. The predicted molar refractivity (Wildman–Crippen MR) is 54.5 cm³/mol. The molecule has 0 bridgehead atoms. The first-order chi connectivity index (χ1) is 5.60. The highest BCUT2D eigenvalue weighted by Gasteiger charge is 2.23. The molecule has 0 aromatic heterocycles. The lowest BCUT2D eigenvalue weighted by atomic mass is 10.3.